The first-order valence-electron chi connectivity index (χ1n) is 10.6. The molecule has 1 aromatic heterocycles. The van der Waals surface area contributed by atoms with Gasteiger partial charge in [0, 0.05) is 28.7 Å². The Morgan fingerprint density at radius 1 is 0.919 bits per heavy atom. The average molecular weight is 516 g/mol. The zero-order valence-corrected chi connectivity index (χ0v) is 18.4. The van der Waals surface area contributed by atoms with E-state index in [0.29, 0.717) is 0 Å². The molecule has 1 atom stereocenters. The van der Waals surface area contributed by atoms with E-state index in [-0.39, 0.29) is 28.0 Å². The molecule has 0 bridgehead atoms. The minimum Gasteiger partial charge on any atom is -0.507 e. The van der Waals surface area contributed by atoms with E-state index in [2.05, 4.69) is 4.74 Å². The number of benzene rings is 3. The number of esters is 1. The van der Waals surface area contributed by atoms with Crippen LogP contribution in [0.15, 0.2) is 57.7 Å². The number of para-hydroxylation sites is 1. The molecule has 1 aliphatic heterocycles. The molecule has 3 aromatic carbocycles. The summed E-state index contributed by atoms with van der Waals surface area (Å²) >= 11 is 0. The van der Waals surface area contributed by atoms with E-state index in [4.69, 9.17) is 9.15 Å². The summed E-state index contributed by atoms with van der Waals surface area (Å²) in [6.07, 6.45) is -5.51. The molecule has 0 radical (unpaired) electrons. The number of alkyl halides is 3. The van der Waals surface area contributed by atoms with E-state index in [1.807, 2.05) is 0 Å². The number of aromatic hydroxyl groups is 4. The topological polar surface area (TPSA) is 147 Å². The normalized spacial score (nSPS) is 15.3. The van der Waals surface area contributed by atoms with Crippen LogP contribution in [0.2, 0.25) is 0 Å². The summed E-state index contributed by atoms with van der Waals surface area (Å²) in [6, 6.07) is 9.29. The molecule has 0 saturated carbocycles. The number of hydrogen-bond acceptors (Lipinski definition) is 9. The first kappa shape index (κ1) is 23.9. The van der Waals surface area contributed by atoms with Gasteiger partial charge >= 0.3 is 12.3 Å². The molecule has 0 saturated heterocycles. The summed E-state index contributed by atoms with van der Waals surface area (Å²) < 4.78 is 54.4. The van der Waals surface area contributed by atoms with Crippen molar-refractivity contribution in [1.82, 2.24) is 0 Å². The number of rotatable bonds is 3. The number of phenols is 3. The molecule has 190 valence electrons. The first-order valence-corrected chi connectivity index (χ1v) is 10.6. The predicted molar refractivity (Wildman–Crippen MR) is 120 cm³/mol. The summed E-state index contributed by atoms with van der Waals surface area (Å²) in [5.74, 6) is -6.11. The predicted octanol–water partition coefficient (Wildman–Crippen LogP) is 4.62. The fourth-order valence-corrected chi connectivity index (χ4v) is 4.29. The van der Waals surface area contributed by atoms with Gasteiger partial charge in [0.25, 0.3) is 0 Å². The molecule has 0 spiro atoms. The van der Waals surface area contributed by atoms with Gasteiger partial charge in [-0.1, -0.05) is 18.2 Å². The van der Waals surface area contributed by atoms with Gasteiger partial charge in [-0.3, -0.25) is 9.59 Å². The van der Waals surface area contributed by atoms with Gasteiger partial charge in [-0.05, 0) is 24.3 Å². The molecule has 4 N–H and O–H groups in total. The highest BCUT2D eigenvalue weighted by atomic mass is 19.4. The second-order valence-electron chi connectivity index (χ2n) is 8.14. The largest absolute Gasteiger partial charge is 0.573 e. The highest BCUT2D eigenvalue weighted by molar-refractivity contribution is 5.94. The Morgan fingerprint density at radius 3 is 2.35 bits per heavy atom. The van der Waals surface area contributed by atoms with Crippen LogP contribution in [0.5, 0.6) is 34.5 Å². The number of hydrogen-bond donors (Lipinski definition) is 4. The van der Waals surface area contributed by atoms with Gasteiger partial charge in [-0.2, -0.15) is 0 Å². The average Bonchev–Trinajstić information content (AvgIpc) is 2.81. The molecule has 0 fully saturated rings. The Hall–Kier alpha value is -4.87. The third kappa shape index (κ3) is 4.11. The maximum Gasteiger partial charge on any atom is 0.573 e. The van der Waals surface area contributed by atoms with Gasteiger partial charge < -0.3 is 34.3 Å². The van der Waals surface area contributed by atoms with Crippen LogP contribution in [0, 0.1) is 0 Å². The lowest BCUT2D eigenvalue weighted by atomic mass is 9.84. The van der Waals surface area contributed by atoms with Crippen molar-refractivity contribution in [3.05, 3.63) is 69.9 Å². The van der Waals surface area contributed by atoms with Crippen molar-refractivity contribution in [3.8, 4) is 45.8 Å². The molecule has 1 aliphatic rings. The second kappa shape index (κ2) is 8.36. The summed E-state index contributed by atoms with van der Waals surface area (Å²) in [6.45, 7) is 0. The van der Waals surface area contributed by atoms with Gasteiger partial charge in [0.15, 0.2) is 17.3 Å². The third-order valence-electron chi connectivity index (χ3n) is 5.82. The third-order valence-corrected chi connectivity index (χ3v) is 5.82. The molecule has 1 unspecified atom stereocenters. The molecule has 4 aromatic rings. The quantitative estimate of drug-likeness (QED) is 0.174. The lowest BCUT2D eigenvalue weighted by Crippen LogP contribution is -2.24. The Morgan fingerprint density at radius 2 is 1.65 bits per heavy atom. The van der Waals surface area contributed by atoms with Crippen LogP contribution in [0.1, 0.15) is 23.5 Å². The SMILES string of the molecule is O=C1CC(c2ccccc2OC(F)(F)F)c2c(cc(O)c3c(=O)c(O)c(-c4ccc(O)c(O)c4)oc23)O1. The molecule has 2 heterocycles. The summed E-state index contributed by atoms with van der Waals surface area (Å²) in [4.78, 5) is 25.5. The summed E-state index contributed by atoms with van der Waals surface area (Å²) in [5.41, 5.74) is -1.65. The smallest absolute Gasteiger partial charge is 0.507 e. The zero-order chi connectivity index (χ0) is 26.6. The number of carbonyl (C=O) groups is 1. The van der Waals surface area contributed by atoms with Crippen molar-refractivity contribution in [2.75, 3.05) is 0 Å². The van der Waals surface area contributed by atoms with E-state index in [1.165, 1.54) is 24.3 Å². The minimum absolute atomic E-state index is 0.0472. The highest BCUT2D eigenvalue weighted by Crippen LogP contribution is 2.49. The summed E-state index contributed by atoms with van der Waals surface area (Å²) in [5, 5.41) is 40.0. The fraction of sp³-hybridized carbons (Fsp3) is 0.120. The number of ether oxygens (including phenoxy) is 2. The fourth-order valence-electron chi connectivity index (χ4n) is 4.29. The van der Waals surface area contributed by atoms with E-state index in [9.17, 15) is 43.2 Å². The van der Waals surface area contributed by atoms with E-state index < -0.39 is 70.0 Å². The summed E-state index contributed by atoms with van der Waals surface area (Å²) in [7, 11) is 0. The van der Waals surface area contributed by atoms with Crippen molar-refractivity contribution in [3.63, 3.8) is 0 Å². The molecule has 37 heavy (non-hydrogen) atoms. The molecular formula is C25H15F3O9. The standard InChI is InChI=1S/C25H15F3O9/c26-25(27,28)37-16-4-2-1-3-11(16)12-8-18(32)35-17-9-15(31)20-21(33)22(34)23(36-24(20)19(12)17)10-5-6-13(29)14(30)7-10/h1-7,9,12,29-31,34H,8H2. The van der Waals surface area contributed by atoms with Crippen molar-refractivity contribution in [2.45, 2.75) is 18.7 Å². The molecule has 5 rings (SSSR count). The van der Waals surface area contributed by atoms with Crippen molar-refractivity contribution < 1.29 is 52.3 Å². The van der Waals surface area contributed by atoms with Crippen LogP contribution in [0.4, 0.5) is 13.2 Å². The number of fused-ring (bicyclic) bond motifs is 3. The second-order valence-corrected chi connectivity index (χ2v) is 8.14. The van der Waals surface area contributed by atoms with Crippen molar-refractivity contribution >= 4 is 16.9 Å². The molecule has 12 heteroatoms. The maximum atomic E-state index is 13.1. The van der Waals surface area contributed by atoms with E-state index >= 15 is 0 Å². The first-order chi connectivity index (χ1) is 17.4. The highest BCUT2D eigenvalue weighted by Gasteiger charge is 2.38. The van der Waals surface area contributed by atoms with Gasteiger partial charge in [-0.15, -0.1) is 13.2 Å². The van der Waals surface area contributed by atoms with Crippen molar-refractivity contribution in [2.24, 2.45) is 0 Å². The molecule has 0 amide bonds. The van der Waals surface area contributed by atoms with E-state index in [1.54, 1.807) is 0 Å². The molecule has 9 nitrogen and oxygen atoms in total. The maximum absolute atomic E-state index is 13.1. The van der Waals surface area contributed by atoms with Crippen LogP contribution in [-0.4, -0.2) is 32.8 Å². The Labute approximate surface area is 204 Å². The van der Waals surface area contributed by atoms with Crippen LogP contribution in [-0.2, 0) is 4.79 Å². The van der Waals surface area contributed by atoms with Crippen molar-refractivity contribution in [1.29, 1.82) is 0 Å². The van der Waals surface area contributed by atoms with Crippen LogP contribution in [0.25, 0.3) is 22.3 Å². The minimum atomic E-state index is -5.04. The number of phenolic OH excluding ortho intramolecular Hbond substituents is 3. The molecular weight excluding hydrogens is 501 g/mol. The van der Waals surface area contributed by atoms with Crippen LogP contribution < -0.4 is 14.9 Å². The lowest BCUT2D eigenvalue weighted by molar-refractivity contribution is -0.274. The lowest BCUT2D eigenvalue weighted by Gasteiger charge is -2.27. The Bertz CT molecular complexity index is 1640. The molecule has 0 aliphatic carbocycles. The van der Waals surface area contributed by atoms with Gasteiger partial charge in [0.05, 0.1) is 6.42 Å². The Kier molecular flexibility index (Phi) is 5.39. The zero-order valence-electron chi connectivity index (χ0n) is 18.4. The number of carbonyl (C=O) groups excluding carboxylic acids is 1. The van der Waals surface area contributed by atoms with Gasteiger partial charge in [0.1, 0.15) is 28.2 Å². The Balaban J connectivity index is 1.83. The monoisotopic (exact) mass is 516 g/mol. The van der Waals surface area contributed by atoms with Crippen LogP contribution in [0.3, 0.4) is 0 Å². The van der Waals surface area contributed by atoms with Crippen LogP contribution >= 0.6 is 0 Å². The van der Waals surface area contributed by atoms with Gasteiger partial charge in [-0.25, -0.2) is 0 Å². The number of halogens is 3. The van der Waals surface area contributed by atoms with Gasteiger partial charge in [0.2, 0.25) is 11.2 Å². The van der Waals surface area contributed by atoms with E-state index in [0.717, 1.165) is 24.3 Å².